The Morgan fingerprint density at radius 2 is 1.75 bits per heavy atom. The Bertz CT molecular complexity index is 1000. The molecule has 0 atom stereocenters. The van der Waals surface area contributed by atoms with Crippen LogP contribution in [-0.4, -0.2) is 16.2 Å². The second-order valence-corrected chi connectivity index (χ2v) is 6.61. The first-order chi connectivity index (χ1) is 11.8. The molecule has 0 aliphatic rings. The molecule has 4 aromatic rings. The maximum Gasteiger partial charge on any atom is 0.124 e. The van der Waals surface area contributed by atoms with Crippen LogP contribution in [-0.2, 0) is 0 Å². The summed E-state index contributed by atoms with van der Waals surface area (Å²) >= 11 is 1.72. The van der Waals surface area contributed by atoms with Crippen LogP contribution in [0.3, 0.4) is 0 Å². The van der Waals surface area contributed by atoms with Crippen molar-refractivity contribution in [1.82, 2.24) is 9.97 Å². The number of hydrogen-bond acceptors (Lipinski definition) is 4. The molecule has 2 aromatic heterocycles. The Hall–Kier alpha value is -2.85. The van der Waals surface area contributed by atoms with Crippen LogP contribution in [0.1, 0.15) is 11.1 Å². The lowest BCUT2D eigenvalue weighted by Gasteiger charge is -1.97. The van der Waals surface area contributed by atoms with E-state index in [1.54, 1.807) is 23.7 Å². The maximum absolute atomic E-state index is 4.72. The lowest BCUT2D eigenvalue weighted by atomic mass is 10.2. The molecule has 0 amide bonds. The highest BCUT2D eigenvalue weighted by Gasteiger charge is 2.06. The number of aliphatic imine (C=N–C) groups is 1. The minimum atomic E-state index is 0.924. The van der Waals surface area contributed by atoms with E-state index in [-0.39, 0.29) is 0 Å². The van der Waals surface area contributed by atoms with Gasteiger partial charge in [-0.3, -0.25) is 9.98 Å². The average Bonchev–Trinajstić information content (AvgIpc) is 3.04. The first-order valence-electron chi connectivity index (χ1n) is 7.70. The van der Waals surface area contributed by atoms with E-state index in [2.05, 4.69) is 47.2 Å². The van der Waals surface area contributed by atoms with Gasteiger partial charge in [-0.2, -0.15) is 0 Å². The van der Waals surface area contributed by atoms with Crippen molar-refractivity contribution in [3.8, 4) is 10.6 Å². The summed E-state index contributed by atoms with van der Waals surface area (Å²) in [6.07, 6.45) is 5.37. The van der Waals surface area contributed by atoms with Gasteiger partial charge in [0, 0.05) is 24.2 Å². The zero-order valence-corrected chi connectivity index (χ0v) is 14.0. The molecule has 0 radical (unpaired) electrons. The molecule has 0 saturated carbocycles. The monoisotopic (exact) mass is 329 g/mol. The molecule has 3 nitrogen and oxygen atoms in total. The molecular formula is C20H15N3S. The third-order valence-electron chi connectivity index (χ3n) is 3.73. The molecule has 2 aromatic carbocycles. The Morgan fingerprint density at radius 1 is 0.958 bits per heavy atom. The van der Waals surface area contributed by atoms with Crippen LogP contribution >= 0.6 is 11.3 Å². The highest BCUT2D eigenvalue weighted by Crippen LogP contribution is 2.31. The molecule has 0 spiro atoms. The number of aromatic nitrogens is 2. The van der Waals surface area contributed by atoms with Gasteiger partial charge in [0.05, 0.1) is 15.9 Å². The minimum Gasteiger partial charge on any atom is -0.265 e. The minimum absolute atomic E-state index is 0.924. The number of aryl methyl sites for hydroxylation is 1. The second-order valence-electron chi connectivity index (χ2n) is 5.58. The number of nitrogens with zero attached hydrogens (tertiary/aromatic N) is 3. The van der Waals surface area contributed by atoms with E-state index in [1.165, 1.54) is 10.3 Å². The standard InChI is InChI=1S/C20H15N3S/c1-14-2-7-18-19(12-14)24-20(23-18)16-3-5-17(6-4-16)22-13-15-8-10-21-11-9-15/h2-13H,1H3. The summed E-state index contributed by atoms with van der Waals surface area (Å²) in [5.74, 6) is 0. The van der Waals surface area contributed by atoms with Crippen LogP contribution in [0.15, 0.2) is 72.0 Å². The molecule has 4 rings (SSSR count). The molecule has 0 fully saturated rings. The van der Waals surface area contributed by atoms with Gasteiger partial charge < -0.3 is 0 Å². The second kappa shape index (κ2) is 6.34. The predicted octanol–water partition coefficient (Wildman–Crippen LogP) is 5.42. The number of thiazole rings is 1. The lowest BCUT2D eigenvalue weighted by Crippen LogP contribution is -1.80. The number of rotatable bonds is 3. The van der Waals surface area contributed by atoms with Crippen molar-refractivity contribution in [1.29, 1.82) is 0 Å². The molecule has 0 aliphatic heterocycles. The first kappa shape index (κ1) is 14.7. The third-order valence-corrected chi connectivity index (χ3v) is 4.79. The number of benzene rings is 2. The topological polar surface area (TPSA) is 38.1 Å². The highest BCUT2D eigenvalue weighted by atomic mass is 32.1. The Morgan fingerprint density at radius 3 is 2.54 bits per heavy atom. The van der Waals surface area contributed by atoms with Crippen molar-refractivity contribution in [3.05, 3.63) is 78.1 Å². The van der Waals surface area contributed by atoms with E-state index in [9.17, 15) is 0 Å². The van der Waals surface area contributed by atoms with Gasteiger partial charge in [-0.15, -0.1) is 11.3 Å². The number of hydrogen-bond donors (Lipinski definition) is 0. The molecular weight excluding hydrogens is 314 g/mol. The van der Waals surface area contributed by atoms with Gasteiger partial charge in [-0.05, 0) is 66.6 Å². The molecule has 4 heteroatoms. The quantitative estimate of drug-likeness (QED) is 0.471. The van der Waals surface area contributed by atoms with Crippen molar-refractivity contribution in [2.75, 3.05) is 0 Å². The van der Waals surface area contributed by atoms with Crippen molar-refractivity contribution >= 4 is 33.5 Å². The third kappa shape index (κ3) is 3.09. The lowest BCUT2D eigenvalue weighted by molar-refractivity contribution is 1.32. The summed E-state index contributed by atoms with van der Waals surface area (Å²) in [7, 11) is 0. The number of fused-ring (bicyclic) bond motifs is 1. The van der Waals surface area contributed by atoms with Gasteiger partial charge in [-0.1, -0.05) is 6.07 Å². The average molecular weight is 329 g/mol. The zero-order valence-electron chi connectivity index (χ0n) is 13.2. The predicted molar refractivity (Wildman–Crippen MR) is 101 cm³/mol. The Labute approximate surface area is 144 Å². The van der Waals surface area contributed by atoms with Gasteiger partial charge in [0.25, 0.3) is 0 Å². The van der Waals surface area contributed by atoms with Crippen LogP contribution in [0.5, 0.6) is 0 Å². The summed E-state index contributed by atoms with van der Waals surface area (Å²) in [5, 5.41) is 1.04. The molecule has 24 heavy (non-hydrogen) atoms. The molecule has 0 N–H and O–H groups in total. The van der Waals surface area contributed by atoms with E-state index in [1.807, 2.05) is 30.5 Å². The van der Waals surface area contributed by atoms with Crippen molar-refractivity contribution < 1.29 is 0 Å². The summed E-state index contributed by atoms with van der Waals surface area (Å²) in [4.78, 5) is 13.2. The zero-order chi connectivity index (χ0) is 16.4. The summed E-state index contributed by atoms with van der Waals surface area (Å²) in [6.45, 7) is 2.11. The first-order valence-corrected chi connectivity index (χ1v) is 8.51. The fraction of sp³-hybridized carbons (Fsp3) is 0.0500. The van der Waals surface area contributed by atoms with Gasteiger partial charge in [0.15, 0.2) is 0 Å². The Balaban J connectivity index is 1.59. The van der Waals surface area contributed by atoms with Crippen LogP contribution in [0.2, 0.25) is 0 Å². The van der Waals surface area contributed by atoms with Crippen molar-refractivity contribution in [3.63, 3.8) is 0 Å². The smallest absolute Gasteiger partial charge is 0.124 e. The Kier molecular flexibility index (Phi) is 3.89. The van der Waals surface area contributed by atoms with Crippen LogP contribution in [0.4, 0.5) is 5.69 Å². The largest absolute Gasteiger partial charge is 0.265 e. The molecule has 0 bridgehead atoms. The summed E-state index contributed by atoms with van der Waals surface area (Å²) < 4.78 is 1.23. The fourth-order valence-corrected chi connectivity index (χ4v) is 3.51. The van der Waals surface area contributed by atoms with E-state index in [0.29, 0.717) is 0 Å². The van der Waals surface area contributed by atoms with Gasteiger partial charge in [0.1, 0.15) is 5.01 Å². The van der Waals surface area contributed by atoms with Crippen LogP contribution < -0.4 is 0 Å². The maximum atomic E-state index is 4.72. The van der Waals surface area contributed by atoms with Crippen molar-refractivity contribution in [2.24, 2.45) is 4.99 Å². The molecule has 0 aliphatic carbocycles. The van der Waals surface area contributed by atoms with E-state index in [4.69, 9.17) is 4.98 Å². The molecule has 0 saturated heterocycles. The molecule has 2 heterocycles. The van der Waals surface area contributed by atoms with E-state index >= 15 is 0 Å². The number of pyridine rings is 1. The molecule has 116 valence electrons. The van der Waals surface area contributed by atoms with Crippen LogP contribution in [0.25, 0.3) is 20.8 Å². The SMILES string of the molecule is Cc1ccc2nc(-c3ccc(N=Cc4ccncc4)cc3)sc2c1. The highest BCUT2D eigenvalue weighted by molar-refractivity contribution is 7.21. The van der Waals surface area contributed by atoms with Gasteiger partial charge >= 0.3 is 0 Å². The molecule has 0 unspecified atom stereocenters. The fourth-order valence-electron chi connectivity index (χ4n) is 2.44. The summed E-state index contributed by atoms with van der Waals surface area (Å²) in [5.41, 5.74) is 5.40. The van der Waals surface area contributed by atoms with Gasteiger partial charge in [0.2, 0.25) is 0 Å². The van der Waals surface area contributed by atoms with E-state index in [0.717, 1.165) is 27.3 Å². The van der Waals surface area contributed by atoms with E-state index < -0.39 is 0 Å². The van der Waals surface area contributed by atoms with Crippen LogP contribution in [0, 0.1) is 6.92 Å². The van der Waals surface area contributed by atoms with Crippen molar-refractivity contribution in [2.45, 2.75) is 6.92 Å². The normalized spacial score (nSPS) is 11.4. The van der Waals surface area contributed by atoms with Gasteiger partial charge in [-0.25, -0.2) is 4.98 Å². The summed E-state index contributed by atoms with van der Waals surface area (Å²) in [6, 6.07) is 18.4.